The minimum Gasteiger partial charge on any atom is -0.457 e. The molecule has 0 saturated carbocycles. The number of pyridine rings is 1. The van der Waals surface area contributed by atoms with E-state index < -0.39 is 8.07 Å². The summed E-state index contributed by atoms with van der Waals surface area (Å²) in [5.41, 5.74) is 12.0. The Morgan fingerprint density at radius 2 is 1.14 bits per heavy atom. The summed E-state index contributed by atoms with van der Waals surface area (Å²) in [4.78, 5) is 9.80. The molecule has 0 radical (unpaired) electrons. The van der Waals surface area contributed by atoms with Gasteiger partial charge in [-0.05, 0) is 64.0 Å². The Morgan fingerprint density at radius 3 is 1.89 bits per heavy atom. The summed E-state index contributed by atoms with van der Waals surface area (Å²) >= 11 is 0. The van der Waals surface area contributed by atoms with Crippen LogP contribution in [0, 0.1) is 0 Å². The fourth-order valence-corrected chi connectivity index (χ4v) is 12.1. The molecule has 0 bridgehead atoms. The number of fused-ring (bicyclic) bond motifs is 5. The normalized spacial score (nSPS) is 13.9. The third-order valence-corrected chi connectivity index (χ3v) is 15.2. The molecule has 0 aliphatic carbocycles. The maximum absolute atomic E-state index is 6.81. The maximum atomic E-state index is 6.81. The number of ether oxygens (including phenoxy) is 1. The third kappa shape index (κ3) is 4.96. The molecule has 0 N–H and O–H groups in total. The van der Waals surface area contributed by atoms with Crippen molar-refractivity contribution in [1.29, 1.82) is 0 Å². The molecule has 6 heteroatoms. The van der Waals surface area contributed by atoms with Gasteiger partial charge in [0.1, 0.15) is 32.1 Å². The van der Waals surface area contributed by atoms with Crippen LogP contribution in [0.4, 0.5) is 22.7 Å². The van der Waals surface area contributed by atoms with Crippen LogP contribution in [0.25, 0.3) is 49.9 Å². The van der Waals surface area contributed by atoms with E-state index in [-0.39, 0.29) is 0 Å². The van der Waals surface area contributed by atoms with E-state index in [0.717, 1.165) is 28.4 Å². The zero-order valence-electron chi connectivity index (χ0n) is 31.2. The number of anilines is 4. The van der Waals surface area contributed by atoms with Crippen molar-refractivity contribution in [2.45, 2.75) is 13.1 Å². The van der Waals surface area contributed by atoms with Gasteiger partial charge in [0.25, 0.3) is 0 Å². The van der Waals surface area contributed by atoms with Gasteiger partial charge >= 0.3 is 0 Å². The molecule has 0 unspecified atom stereocenters. The van der Waals surface area contributed by atoms with E-state index in [1.54, 1.807) is 0 Å². The van der Waals surface area contributed by atoms with Crippen molar-refractivity contribution in [3.63, 3.8) is 0 Å². The number of rotatable bonds is 6. The second-order valence-corrected chi connectivity index (χ2v) is 19.6. The highest BCUT2D eigenvalue weighted by molar-refractivity contribution is 7.02. The van der Waals surface area contributed by atoms with Crippen LogP contribution in [0.3, 0.4) is 0 Å². The van der Waals surface area contributed by atoms with Crippen molar-refractivity contribution in [1.82, 2.24) is 9.55 Å². The van der Waals surface area contributed by atoms with E-state index in [4.69, 9.17) is 9.72 Å². The molecule has 0 saturated heterocycles. The quantitative estimate of drug-likeness (QED) is 0.159. The van der Waals surface area contributed by atoms with Crippen molar-refractivity contribution in [3.8, 4) is 39.6 Å². The summed E-state index contributed by atoms with van der Waals surface area (Å²) in [6.45, 7) is 5.66. The highest BCUT2D eigenvalue weighted by atomic mass is 28.3. The van der Waals surface area contributed by atoms with Gasteiger partial charge < -0.3 is 14.5 Å². The molecule has 2 aliphatic heterocycles. The van der Waals surface area contributed by atoms with Crippen LogP contribution in [0.2, 0.25) is 13.1 Å². The lowest BCUT2D eigenvalue weighted by Gasteiger charge is -2.38. The van der Waals surface area contributed by atoms with E-state index in [1.807, 2.05) is 18.3 Å². The first kappa shape index (κ1) is 32.5. The van der Waals surface area contributed by atoms with Gasteiger partial charge in [-0.15, -0.1) is 0 Å². The van der Waals surface area contributed by atoms with Crippen molar-refractivity contribution in [2.75, 3.05) is 16.5 Å². The maximum Gasteiger partial charge on any atom is 0.137 e. The highest BCUT2D eigenvalue weighted by Gasteiger charge is 2.44. The number of para-hydroxylation sites is 3. The molecule has 268 valence electrons. The SMILES string of the molecule is C[Si]1(C)c2ccc(Oc3ccc4c5ccccc5n(-c5ccccn5)c4c3)cc2N2CN(c3c(-c4ccccc4)cccc3-c3ccccc3)c3cccc1c32. The second-order valence-electron chi connectivity index (χ2n) is 15.2. The van der Waals surface area contributed by atoms with Crippen molar-refractivity contribution >= 4 is 63.0 Å². The topological polar surface area (TPSA) is 33.5 Å². The van der Waals surface area contributed by atoms with Gasteiger partial charge in [0, 0.05) is 45.9 Å². The summed E-state index contributed by atoms with van der Waals surface area (Å²) in [6.07, 6.45) is 1.85. The molecule has 5 nitrogen and oxygen atoms in total. The van der Waals surface area contributed by atoms with Gasteiger partial charge in [0.15, 0.2) is 0 Å². The highest BCUT2D eigenvalue weighted by Crippen LogP contribution is 2.51. The molecular formula is C50H38N4OSi. The first-order valence-corrected chi connectivity index (χ1v) is 22.2. The Kier molecular flexibility index (Phi) is 7.31. The van der Waals surface area contributed by atoms with Crippen molar-refractivity contribution in [3.05, 3.63) is 182 Å². The van der Waals surface area contributed by atoms with E-state index in [9.17, 15) is 0 Å². The van der Waals surface area contributed by atoms with Crippen LogP contribution in [-0.2, 0) is 0 Å². The van der Waals surface area contributed by atoms with Gasteiger partial charge in [-0.25, -0.2) is 4.98 Å². The lowest BCUT2D eigenvalue weighted by atomic mass is 9.95. The van der Waals surface area contributed by atoms with Crippen molar-refractivity contribution in [2.24, 2.45) is 0 Å². The Balaban J connectivity index is 1.04. The summed E-state index contributed by atoms with van der Waals surface area (Å²) < 4.78 is 9.04. The largest absolute Gasteiger partial charge is 0.457 e. The lowest BCUT2D eigenvalue weighted by Crippen LogP contribution is -2.58. The first-order valence-electron chi connectivity index (χ1n) is 19.2. The smallest absolute Gasteiger partial charge is 0.137 e. The molecule has 56 heavy (non-hydrogen) atoms. The van der Waals surface area contributed by atoms with Crippen LogP contribution in [0.5, 0.6) is 11.5 Å². The van der Waals surface area contributed by atoms with Crippen LogP contribution in [-0.4, -0.2) is 24.3 Å². The molecular weight excluding hydrogens is 701 g/mol. The summed E-state index contributed by atoms with van der Waals surface area (Å²) in [6, 6.07) is 63.0. The second kappa shape index (κ2) is 12.6. The van der Waals surface area contributed by atoms with E-state index >= 15 is 0 Å². The van der Waals surface area contributed by atoms with E-state index in [0.29, 0.717) is 6.67 Å². The predicted molar refractivity (Wildman–Crippen MR) is 235 cm³/mol. The molecule has 2 aromatic heterocycles. The number of hydrogen-bond acceptors (Lipinski definition) is 4. The molecule has 7 aromatic carbocycles. The predicted octanol–water partition coefficient (Wildman–Crippen LogP) is 11.7. The van der Waals surface area contributed by atoms with Crippen LogP contribution >= 0.6 is 0 Å². The Labute approximate surface area is 327 Å². The minimum absolute atomic E-state index is 0.688. The first-order chi connectivity index (χ1) is 27.5. The summed E-state index contributed by atoms with van der Waals surface area (Å²) in [7, 11) is -2.10. The summed E-state index contributed by atoms with van der Waals surface area (Å²) in [5.74, 6) is 2.50. The van der Waals surface area contributed by atoms with E-state index in [2.05, 4.69) is 191 Å². The van der Waals surface area contributed by atoms with Gasteiger partial charge in [0.2, 0.25) is 0 Å². The van der Waals surface area contributed by atoms with Gasteiger partial charge in [-0.3, -0.25) is 4.57 Å². The molecule has 2 aliphatic rings. The lowest BCUT2D eigenvalue weighted by molar-refractivity contribution is 0.483. The molecule has 0 spiro atoms. The van der Waals surface area contributed by atoms with Crippen LogP contribution in [0.15, 0.2) is 182 Å². The van der Waals surface area contributed by atoms with Gasteiger partial charge in [-0.1, -0.05) is 134 Å². The minimum atomic E-state index is -2.10. The number of hydrogen-bond donors (Lipinski definition) is 0. The summed E-state index contributed by atoms with van der Waals surface area (Å²) in [5, 5.41) is 5.24. The average Bonchev–Trinajstić information content (AvgIpc) is 3.80. The Morgan fingerprint density at radius 1 is 0.500 bits per heavy atom. The third-order valence-electron chi connectivity index (χ3n) is 11.7. The zero-order chi connectivity index (χ0) is 37.4. The van der Waals surface area contributed by atoms with Gasteiger partial charge in [0.05, 0.1) is 28.1 Å². The molecule has 0 amide bonds. The van der Waals surface area contributed by atoms with Gasteiger partial charge in [-0.2, -0.15) is 0 Å². The van der Waals surface area contributed by atoms with E-state index in [1.165, 1.54) is 66.1 Å². The standard InChI is InChI=1S/C50H38N4OSi/c1-56(2)46-29-27-37(55-36-26-28-41-40-19-9-10-22-42(40)54(44(41)31-36)48-25-11-12-30-51-48)32-45(46)53-33-52(43-23-14-24-47(56)50(43)53)49-38(34-15-5-3-6-16-34)20-13-21-39(49)35-17-7-4-8-18-35/h3-32H,33H2,1-2H3. The average molecular weight is 739 g/mol. The number of aromatic nitrogens is 2. The molecule has 11 rings (SSSR count). The fraction of sp³-hybridized carbons (Fsp3) is 0.0600. The molecule has 4 heterocycles. The number of nitrogens with zero attached hydrogens (tertiary/aromatic N) is 4. The van der Waals surface area contributed by atoms with Crippen molar-refractivity contribution < 1.29 is 4.74 Å². The molecule has 0 fully saturated rings. The molecule has 9 aromatic rings. The Bertz CT molecular complexity index is 2900. The fourth-order valence-electron chi connectivity index (χ4n) is 9.10. The number of benzene rings is 7. The van der Waals surface area contributed by atoms with Crippen LogP contribution in [0.1, 0.15) is 0 Å². The monoisotopic (exact) mass is 738 g/mol. The Hall–Kier alpha value is -6.89. The zero-order valence-corrected chi connectivity index (χ0v) is 32.2. The van der Waals surface area contributed by atoms with Crippen LogP contribution < -0.4 is 24.9 Å². The molecule has 0 atom stereocenters.